The second-order valence-electron chi connectivity index (χ2n) is 5.59. The summed E-state index contributed by atoms with van der Waals surface area (Å²) in [6.45, 7) is 6.56. The molecule has 0 aromatic heterocycles. The summed E-state index contributed by atoms with van der Waals surface area (Å²) in [5, 5.41) is 11.1. The molecule has 5 nitrogen and oxygen atoms in total. The van der Waals surface area contributed by atoms with E-state index in [1.54, 1.807) is 0 Å². The van der Waals surface area contributed by atoms with Crippen LogP contribution in [0.3, 0.4) is 0 Å². The third-order valence-electron chi connectivity index (χ3n) is 3.57. The first kappa shape index (κ1) is 13.7. The number of carboxylic acid groups (broad SMARTS) is 1. The van der Waals surface area contributed by atoms with E-state index in [1.807, 2.05) is 40.0 Å². The number of amides is 2. The third-order valence-corrected chi connectivity index (χ3v) is 3.57. The molecular weight excluding hydrogens is 220 g/mol. The van der Waals surface area contributed by atoms with Gasteiger partial charge in [-0.05, 0) is 33.3 Å². The van der Waals surface area contributed by atoms with Crippen molar-refractivity contribution in [2.75, 3.05) is 13.6 Å². The van der Waals surface area contributed by atoms with Crippen LogP contribution in [0.15, 0.2) is 12.2 Å². The molecule has 0 aromatic carbocycles. The van der Waals surface area contributed by atoms with Crippen molar-refractivity contribution < 1.29 is 19.2 Å². The molecule has 0 radical (unpaired) electrons. The summed E-state index contributed by atoms with van der Waals surface area (Å²) in [5.74, 6) is -0.0788. The normalized spacial score (nSPS) is 29.9. The lowest BCUT2D eigenvalue weighted by molar-refractivity contribution is -0.877. The molecule has 17 heavy (non-hydrogen) atoms. The Morgan fingerprint density at radius 2 is 2.06 bits per heavy atom. The van der Waals surface area contributed by atoms with Crippen molar-refractivity contribution in [1.29, 1.82) is 0 Å². The first-order valence-electron chi connectivity index (χ1n) is 5.73. The number of nitrogens with one attached hydrogen (secondary N) is 1. The van der Waals surface area contributed by atoms with Crippen molar-refractivity contribution in [1.82, 2.24) is 5.32 Å². The summed E-state index contributed by atoms with van der Waals surface area (Å²) < 4.78 is 0.203. The van der Waals surface area contributed by atoms with Crippen LogP contribution in [-0.2, 0) is 4.79 Å². The third kappa shape index (κ3) is 2.66. The van der Waals surface area contributed by atoms with E-state index in [-0.39, 0.29) is 15.9 Å². The lowest BCUT2D eigenvalue weighted by Gasteiger charge is -2.43. The number of quaternary nitrogens is 1. The van der Waals surface area contributed by atoms with E-state index in [0.717, 1.165) is 0 Å². The molecule has 1 unspecified atom stereocenters. The van der Waals surface area contributed by atoms with Gasteiger partial charge in [-0.1, -0.05) is 6.08 Å². The Labute approximate surface area is 102 Å². The molecule has 0 saturated carbocycles. The van der Waals surface area contributed by atoms with Crippen molar-refractivity contribution in [3.8, 4) is 0 Å². The highest BCUT2D eigenvalue weighted by Gasteiger charge is 2.46. The summed E-state index contributed by atoms with van der Waals surface area (Å²) in [5.41, 5.74) is -0.260. The second kappa shape index (κ2) is 4.49. The average Bonchev–Trinajstić information content (AvgIpc) is 2.30. The first-order chi connectivity index (χ1) is 7.68. The van der Waals surface area contributed by atoms with Gasteiger partial charge in [-0.15, -0.1) is 0 Å². The predicted molar refractivity (Wildman–Crippen MR) is 64.5 cm³/mol. The summed E-state index contributed by atoms with van der Waals surface area (Å²) in [7, 11) is 1.86. The van der Waals surface area contributed by atoms with Crippen LogP contribution in [-0.4, -0.2) is 46.8 Å². The van der Waals surface area contributed by atoms with Gasteiger partial charge in [-0.3, -0.25) is 4.48 Å². The van der Waals surface area contributed by atoms with Crippen LogP contribution < -0.4 is 5.32 Å². The van der Waals surface area contributed by atoms with Crippen LogP contribution in [0, 0.1) is 0 Å². The number of hydrogen-bond donors (Lipinski definition) is 2. The van der Waals surface area contributed by atoms with E-state index in [4.69, 9.17) is 5.11 Å². The zero-order valence-electron chi connectivity index (χ0n) is 10.9. The van der Waals surface area contributed by atoms with E-state index in [2.05, 4.69) is 5.32 Å². The molecule has 2 atom stereocenters. The van der Waals surface area contributed by atoms with Gasteiger partial charge in [-0.25, -0.2) is 9.59 Å². The minimum Gasteiger partial charge on any atom is -0.465 e. The highest BCUT2D eigenvalue weighted by atomic mass is 16.4. The number of likely N-dealkylation sites (N-methyl/N-ethyl adjacent to an activating group) is 1. The Morgan fingerprint density at radius 3 is 2.53 bits per heavy atom. The quantitative estimate of drug-likeness (QED) is 0.538. The number of nitrogens with zero attached hydrogens (tertiary/aromatic N) is 1. The van der Waals surface area contributed by atoms with Crippen molar-refractivity contribution in [3.05, 3.63) is 12.2 Å². The summed E-state index contributed by atoms with van der Waals surface area (Å²) in [6.07, 6.45) is 3.09. The minimum atomic E-state index is -1.15. The van der Waals surface area contributed by atoms with E-state index in [0.29, 0.717) is 13.0 Å². The molecule has 0 aromatic rings. The molecular formula is C12H21N2O3+. The molecule has 96 valence electrons. The maximum Gasteiger partial charge on any atom is 0.405 e. The molecule has 1 heterocycles. The monoisotopic (exact) mass is 241 g/mol. The van der Waals surface area contributed by atoms with Crippen molar-refractivity contribution in [2.24, 2.45) is 0 Å². The maximum atomic E-state index is 12.5. The van der Waals surface area contributed by atoms with Crippen LogP contribution in [0.5, 0.6) is 0 Å². The number of rotatable bonds is 1. The molecule has 5 heteroatoms. The molecule has 1 aliphatic rings. The number of carbonyl (C=O) groups excluding carboxylic acids is 1. The highest BCUT2D eigenvalue weighted by molar-refractivity contribution is 5.81. The van der Waals surface area contributed by atoms with Gasteiger partial charge < -0.3 is 10.4 Å². The maximum absolute atomic E-state index is 12.5. The Hall–Kier alpha value is -1.36. The fourth-order valence-corrected chi connectivity index (χ4v) is 1.93. The molecule has 1 rings (SSSR count). The number of carbonyl (C=O) groups is 2. The molecule has 0 aliphatic carbocycles. The lowest BCUT2D eigenvalue weighted by Crippen LogP contribution is -2.65. The van der Waals surface area contributed by atoms with Gasteiger partial charge in [0.1, 0.15) is 6.54 Å². The van der Waals surface area contributed by atoms with Gasteiger partial charge in [0.2, 0.25) is 0 Å². The Morgan fingerprint density at radius 1 is 1.47 bits per heavy atom. The van der Waals surface area contributed by atoms with Crippen LogP contribution in [0.2, 0.25) is 0 Å². The summed E-state index contributed by atoms with van der Waals surface area (Å²) >= 11 is 0. The Bertz CT molecular complexity index is 357. The van der Waals surface area contributed by atoms with Gasteiger partial charge in [-0.2, -0.15) is 0 Å². The predicted octanol–water partition coefficient (Wildman–Crippen LogP) is 1.35. The van der Waals surface area contributed by atoms with Crippen molar-refractivity contribution in [3.63, 3.8) is 0 Å². The van der Waals surface area contributed by atoms with Crippen LogP contribution in [0.25, 0.3) is 0 Å². The average molecular weight is 241 g/mol. The smallest absolute Gasteiger partial charge is 0.405 e. The minimum absolute atomic E-state index is 0.0788. The SMILES string of the molecule is CC(C)(C)[N+]1(C)CC=CC[C@H](NC(=O)O)C1=O. The van der Waals surface area contributed by atoms with Gasteiger partial charge in [0.05, 0.1) is 12.6 Å². The number of hydrogen-bond acceptors (Lipinski definition) is 2. The Kier molecular flexibility index (Phi) is 3.62. The van der Waals surface area contributed by atoms with E-state index in [9.17, 15) is 9.59 Å². The fraction of sp³-hybridized carbons (Fsp3) is 0.667. The summed E-state index contributed by atoms with van der Waals surface area (Å²) in [4.78, 5) is 23.1. The molecule has 0 bridgehead atoms. The largest absolute Gasteiger partial charge is 0.465 e. The van der Waals surface area contributed by atoms with Crippen molar-refractivity contribution >= 4 is 12.0 Å². The molecule has 1 aliphatic heterocycles. The van der Waals surface area contributed by atoms with Crippen LogP contribution >= 0.6 is 0 Å². The first-order valence-corrected chi connectivity index (χ1v) is 5.73. The zero-order chi connectivity index (χ0) is 13.3. The van der Waals surface area contributed by atoms with E-state index < -0.39 is 12.1 Å². The van der Waals surface area contributed by atoms with Crippen molar-refractivity contribution in [2.45, 2.75) is 38.8 Å². The molecule has 2 amide bonds. The van der Waals surface area contributed by atoms with E-state index >= 15 is 0 Å². The van der Waals surface area contributed by atoms with Gasteiger partial charge in [0.25, 0.3) is 0 Å². The van der Waals surface area contributed by atoms with Gasteiger partial charge in [0.15, 0.2) is 6.04 Å². The summed E-state index contributed by atoms with van der Waals surface area (Å²) in [6, 6.07) is -0.657. The lowest BCUT2D eigenvalue weighted by atomic mass is 10.0. The topological polar surface area (TPSA) is 66.4 Å². The second-order valence-corrected chi connectivity index (χ2v) is 5.59. The molecule has 2 N–H and O–H groups in total. The van der Waals surface area contributed by atoms with Gasteiger partial charge >= 0.3 is 12.0 Å². The van der Waals surface area contributed by atoms with Crippen LogP contribution in [0.4, 0.5) is 4.79 Å². The fourth-order valence-electron chi connectivity index (χ4n) is 1.93. The molecule has 0 spiro atoms. The zero-order valence-corrected chi connectivity index (χ0v) is 10.9. The Balaban J connectivity index is 3.04. The molecule has 0 fully saturated rings. The molecule has 0 saturated heterocycles. The highest BCUT2D eigenvalue weighted by Crippen LogP contribution is 2.26. The van der Waals surface area contributed by atoms with E-state index in [1.165, 1.54) is 0 Å². The van der Waals surface area contributed by atoms with Crippen LogP contribution in [0.1, 0.15) is 27.2 Å². The standard InChI is InChI=1S/C12H20N2O3/c1-12(2,3)14(4)8-6-5-7-9(10(14)15)13-11(16)17/h5-6,9,13H,7-8H2,1-4H3/p+1/t9-,14?/m0/s1. The van der Waals surface area contributed by atoms with Gasteiger partial charge in [0, 0.05) is 0 Å².